The Kier molecular flexibility index (Phi) is 11.5. The Labute approximate surface area is 266 Å². The van der Waals surface area contributed by atoms with Crippen molar-refractivity contribution in [1.82, 2.24) is 10.3 Å². The lowest BCUT2D eigenvalue weighted by molar-refractivity contribution is -0.137. The van der Waals surface area contributed by atoms with Crippen molar-refractivity contribution in [2.75, 3.05) is 23.8 Å². The molecule has 0 aliphatic carbocycles. The molecule has 16 heteroatoms. The van der Waals surface area contributed by atoms with Crippen LogP contribution in [0.1, 0.15) is 47.4 Å². The molecule has 1 aliphatic heterocycles. The number of carbonyl (C=O) groups is 1. The quantitative estimate of drug-likeness (QED) is 0.166. The molecule has 1 aromatic heterocycles. The molecule has 246 valence electrons. The van der Waals surface area contributed by atoms with E-state index >= 15 is 0 Å². The molecule has 2 aromatic carbocycles. The minimum absolute atomic E-state index is 0.0299. The fourth-order valence-electron chi connectivity index (χ4n) is 4.74. The number of hydrogen-bond acceptors (Lipinski definition) is 9. The Bertz CT molecular complexity index is 1620. The lowest BCUT2D eigenvalue weighted by atomic mass is 10.1. The van der Waals surface area contributed by atoms with Gasteiger partial charge in [0.25, 0.3) is 5.91 Å². The summed E-state index contributed by atoms with van der Waals surface area (Å²) in [7, 11) is -3.47. The first-order valence-electron chi connectivity index (χ1n) is 13.9. The third-order valence-electron chi connectivity index (χ3n) is 7.17. The average Bonchev–Trinajstić information content (AvgIpc) is 3.45. The Hall–Kier alpha value is -3.94. The second kappa shape index (κ2) is 15.1. The van der Waals surface area contributed by atoms with Crippen molar-refractivity contribution in [2.45, 2.75) is 54.8 Å². The number of rotatable bonds is 13. The van der Waals surface area contributed by atoms with Crippen LogP contribution in [0.2, 0.25) is 0 Å². The van der Waals surface area contributed by atoms with Gasteiger partial charge in [-0.3, -0.25) is 9.78 Å². The highest BCUT2D eigenvalue weighted by Gasteiger charge is 2.35. The first-order chi connectivity index (χ1) is 21.8. The van der Waals surface area contributed by atoms with Crippen LogP contribution >= 0.6 is 12.0 Å². The Morgan fingerprint density at radius 1 is 1.13 bits per heavy atom. The van der Waals surface area contributed by atoms with Gasteiger partial charge in [0.2, 0.25) is 0 Å². The Balaban J connectivity index is 1.42. The largest absolute Gasteiger partial charge is 0.425 e. The van der Waals surface area contributed by atoms with E-state index in [1.54, 1.807) is 12.1 Å². The third kappa shape index (κ3) is 9.08. The molecule has 46 heavy (non-hydrogen) atoms. The molecular formula is C30H29F5N4O5S2. The standard InChI is InChI=1S/C30H29F5N4O5S2/c1-2-46(41,42)25-11-12-26(37-16-25)27(13-14-36)38-28(40)19-3-7-21(8-4-19)39-17-24(15-22(39)18-43-29(31)32)45-44-23-9-5-20(6-10-23)30(33,34)35/h3-12,16,22,24,27,29H,2,13,15,17-18H2,1H3,(H,38,40)/t22-,24?,27-/m0/s1. The number of hydrogen-bond donors (Lipinski definition) is 1. The molecule has 1 unspecified atom stereocenters. The number of ether oxygens (including phenoxy) is 1. The lowest BCUT2D eigenvalue weighted by Gasteiger charge is -2.26. The summed E-state index contributed by atoms with van der Waals surface area (Å²) in [6.07, 6.45) is -3.04. The van der Waals surface area contributed by atoms with Crippen LogP contribution in [-0.2, 0) is 20.8 Å². The van der Waals surface area contributed by atoms with Crippen molar-refractivity contribution in [3.63, 3.8) is 0 Å². The van der Waals surface area contributed by atoms with Gasteiger partial charge < -0.3 is 19.1 Å². The summed E-state index contributed by atoms with van der Waals surface area (Å²) in [6, 6.07) is 14.0. The van der Waals surface area contributed by atoms with Gasteiger partial charge in [0.1, 0.15) is 5.75 Å². The zero-order valence-electron chi connectivity index (χ0n) is 24.3. The maximum atomic E-state index is 13.1. The molecule has 1 N–H and O–H groups in total. The molecule has 9 nitrogen and oxygen atoms in total. The van der Waals surface area contributed by atoms with Crippen LogP contribution in [0.25, 0.3) is 0 Å². The van der Waals surface area contributed by atoms with Crippen LogP contribution in [0.5, 0.6) is 5.75 Å². The Morgan fingerprint density at radius 2 is 1.83 bits per heavy atom. The predicted octanol–water partition coefficient (Wildman–Crippen LogP) is 6.19. The molecule has 3 aromatic rings. The molecule has 0 radical (unpaired) electrons. The van der Waals surface area contributed by atoms with Gasteiger partial charge >= 0.3 is 12.8 Å². The zero-order chi connectivity index (χ0) is 33.5. The zero-order valence-corrected chi connectivity index (χ0v) is 25.9. The lowest BCUT2D eigenvalue weighted by Crippen LogP contribution is -2.34. The monoisotopic (exact) mass is 684 g/mol. The number of sulfone groups is 1. The minimum atomic E-state index is -4.48. The van der Waals surface area contributed by atoms with Crippen LogP contribution in [0, 0.1) is 11.3 Å². The topological polar surface area (TPSA) is 122 Å². The van der Waals surface area contributed by atoms with Gasteiger partial charge in [0, 0.05) is 24.0 Å². The molecule has 4 rings (SSSR count). The number of anilines is 1. The fourth-order valence-corrected chi connectivity index (χ4v) is 6.44. The van der Waals surface area contributed by atoms with E-state index < -0.39 is 46.2 Å². The van der Waals surface area contributed by atoms with Gasteiger partial charge in [-0.2, -0.15) is 27.2 Å². The summed E-state index contributed by atoms with van der Waals surface area (Å²) >= 11 is 1.01. The van der Waals surface area contributed by atoms with E-state index in [0.29, 0.717) is 24.3 Å². The summed E-state index contributed by atoms with van der Waals surface area (Å²) in [5, 5.41) is 11.8. The van der Waals surface area contributed by atoms with E-state index in [0.717, 1.165) is 24.2 Å². The van der Waals surface area contributed by atoms with Crippen LogP contribution in [0.3, 0.4) is 0 Å². The number of alkyl halides is 5. The first-order valence-corrected chi connectivity index (χ1v) is 16.4. The van der Waals surface area contributed by atoms with Crippen LogP contribution in [0.15, 0.2) is 71.8 Å². The summed E-state index contributed by atoms with van der Waals surface area (Å²) in [5.74, 6) is -0.411. The average molecular weight is 685 g/mol. The van der Waals surface area contributed by atoms with Gasteiger partial charge in [-0.05, 0) is 67.1 Å². The van der Waals surface area contributed by atoms with Crippen LogP contribution in [0.4, 0.5) is 27.6 Å². The second-order valence-corrected chi connectivity index (χ2v) is 13.5. The molecule has 0 spiro atoms. The molecule has 0 bridgehead atoms. The molecule has 0 saturated carbocycles. The number of benzene rings is 2. The summed E-state index contributed by atoms with van der Waals surface area (Å²) < 4.78 is 98.6. The number of pyridine rings is 1. The van der Waals surface area contributed by atoms with Crippen molar-refractivity contribution < 1.29 is 44.1 Å². The van der Waals surface area contributed by atoms with Crippen molar-refractivity contribution >= 4 is 33.5 Å². The number of amides is 1. The molecule has 1 fully saturated rings. The first kappa shape index (κ1) is 34.9. The number of halogens is 5. The van der Waals surface area contributed by atoms with E-state index in [2.05, 4.69) is 15.0 Å². The van der Waals surface area contributed by atoms with Gasteiger partial charge in [-0.15, -0.1) is 0 Å². The molecule has 1 amide bonds. The van der Waals surface area contributed by atoms with Gasteiger partial charge in [-0.1, -0.05) is 6.92 Å². The van der Waals surface area contributed by atoms with E-state index in [1.165, 1.54) is 49.5 Å². The van der Waals surface area contributed by atoms with E-state index in [4.69, 9.17) is 4.18 Å². The normalized spacial score (nSPS) is 17.5. The minimum Gasteiger partial charge on any atom is -0.425 e. The number of nitriles is 1. The highest BCUT2D eigenvalue weighted by atomic mass is 32.2. The summed E-state index contributed by atoms with van der Waals surface area (Å²) in [5.41, 5.74) is 0.352. The number of nitrogens with zero attached hydrogens (tertiary/aromatic N) is 3. The highest BCUT2D eigenvalue weighted by Crippen LogP contribution is 2.35. The maximum absolute atomic E-state index is 13.1. The van der Waals surface area contributed by atoms with Crippen molar-refractivity contribution in [3.8, 4) is 11.8 Å². The van der Waals surface area contributed by atoms with Crippen molar-refractivity contribution in [1.29, 1.82) is 5.26 Å². The summed E-state index contributed by atoms with van der Waals surface area (Å²) in [4.78, 5) is 19.1. The van der Waals surface area contributed by atoms with E-state index in [-0.39, 0.29) is 40.2 Å². The van der Waals surface area contributed by atoms with Gasteiger partial charge in [0.15, 0.2) is 9.84 Å². The predicted molar refractivity (Wildman–Crippen MR) is 160 cm³/mol. The molecule has 1 aliphatic rings. The summed E-state index contributed by atoms with van der Waals surface area (Å²) in [6.45, 7) is -1.43. The maximum Gasteiger partial charge on any atom is 0.416 e. The molecule has 1 saturated heterocycles. The molecule has 2 heterocycles. The highest BCUT2D eigenvalue weighted by molar-refractivity contribution is 7.95. The fraction of sp³-hybridized carbons (Fsp3) is 0.367. The number of carbonyl (C=O) groups excluding carboxylic acids is 1. The smallest absolute Gasteiger partial charge is 0.416 e. The van der Waals surface area contributed by atoms with Crippen LogP contribution in [-0.4, -0.2) is 56.1 Å². The van der Waals surface area contributed by atoms with Crippen molar-refractivity contribution in [3.05, 3.63) is 83.7 Å². The number of aromatic nitrogens is 1. The van der Waals surface area contributed by atoms with Gasteiger partial charge in [-0.25, -0.2) is 8.42 Å². The van der Waals surface area contributed by atoms with Crippen molar-refractivity contribution in [2.24, 2.45) is 0 Å². The molecular weight excluding hydrogens is 655 g/mol. The number of nitrogens with one attached hydrogen (secondary N) is 1. The van der Waals surface area contributed by atoms with Crippen LogP contribution < -0.4 is 14.4 Å². The molecule has 3 atom stereocenters. The van der Waals surface area contributed by atoms with E-state index in [1.807, 2.05) is 11.0 Å². The second-order valence-electron chi connectivity index (χ2n) is 10.2. The van der Waals surface area contributed by atoms with Gasteiger partial charge in [0.05, 0.1) is 70.4 Å². The SMILES string of the molecule is CCS(=O)(=O)c1ccc([C@H](CC#N)NC(=O)c2ccc(N3CC(SOc4ccc(C(F)(F)F)cc4)C[C@H]3COC(F)F)cc2)nc1. The Morgan fingerprint density at radius 3 is 2.39 bits per heavy atom. The third-order valence-corrected chi connectivity index (χ3v) is 9.79. The van der Waals surface area contributed by atoms with E-state index in [9.17, 15) is 40.4 Å².